The lowest BCUT2D eigenvalue weighted by Gasteiger charge is -2.35. The largest absolute Gasteiger partial charge is 0.466 e. The Kier molecular flexibility index (Phi) is 8.61. The van der Waals surface area contributed by atoms with Gasteiger partial charge in [0.15, 0.2) is 0 Å². The zero-order chi connectivity index (χ0) is 27.6. The minimum atomic E-state index is -0.407. The number of aromatic nitrogens is 1. The summed E-state index contributed by atoms with van der Waals surface area (Å²) < 4.78 is 7.04. The average Bonchev–Trinajstić information content (AvgIpc) is 3.16. The number of hydrogen-bond acceptors (Lipinski definition) is 8. The number of thioether (sulfide) groups is 1. The number of carbonyl (C=O) groups excluding carboxylic acids is 2. The Morgan fingerprint density at radius 2 is 1.97 bits per heavy atom. The molecule has 2 aliphatic rings. The third-order valence-corrected chi connectivity index (χ3v) is 8.56. The maximum absolute atomic E-state index is 13.4. The Morgan fingerprint density at radius 3 is 2.61 bits per heavy atom. The molecule has 0 saturated carbocycles. The second-order valence-corrected chi connectivity index (χ2v) is 11.2. The highest BCUT2D eigenvalue weighted by atomic mass is 35.5. The van der Waals surface area contributed by atoms with Crippen LogP contribution in [0.4, 0.5) is 5.82 Å². The predicted octanol–water partition coefficient (Wildman–Crippen LogP) is 4.40. The van der Waals surface area contributed by atoms with Crippen LogP contribution in [0.1, 0.15) is 42.0 Å². The van der Waals surface area contributed by atoms with Crippen molar-refractivity contribution in [3.05, 3.63) is 66.8 Å². The van der Waals surface area contributed by atoms with Crippen LogP contribution in [-0.2, 0) is 27.9 Å². The smallest absolute Gasteiger partial charge is 0.309 e. The number of halogens is 1. The van der Waals surface area contributed by atoms with Crippen molar-refractivity contribution in [1.82, 2.24) is 9.47 Å². The molecule has 4 rings (SSSR count). The van der Waals surface area contributed by atoms with Crippen molar-refractivity contribution in [2.45, 2.75) is 33.2 Å². The number of benzene rings is 1. The molecule has 11 heteroatoms. The number of nitrogens with zero attached hydrogens (tertiary/aromatic N) is 4. The first-order valence-electron chi connectivity index (χ1n) is 12.2. The fourth-order valence-corrected chi connectivity index (χ4v) is 6.18. The van der Waals surface area contributed by atoms with Gasteiger partial charge in [0.1, 0.15) is 21.8 Å². The van der Waals surface area contributed by atoms with Gasteiger partial charge in [0.05, 0.1) is 24.0 Å². The van der Waals surface area contributed by atoms with Crippen LogP contribution in [0.5, 0.6) is 0 Å². The molecule has 0 bridgehead atoms. The van der Waals surface area contributed by atoms with E-state index in [1.54, 1.807) is 33.0 Å². The number of ether oxygens (including phenoxy) is 1. The molecular formula is C27H27ClN4O4S2. The predicted molar refractivity (Wildman–Crippen MR) is 153 cm³/mol. The highest BCUT2D eigenvalue weighted by Gasteiger charge is 2.34. The van der Waals surface area contributed by atoms with Gasteiger partial charge in [-0.05, 0) is 50.0 Å². The van der Waals surface area contributed by atoms with Crippen LogP contribution in [0.3, 0.4) is 0 Å². The molecule has 2 aliphatic heterocycles. The lowest BCUT2D eigenvalue weighted by atomic mass is 9.95. The number of piperidine rings is 1. The van der Waals surface area contributed by atoms with E-state index in [9.17, 15) is 19.6 Å². The van der Waals surface area contributed by atoms with Gasteiger partial charge in [0.25, 0.3) is 11.5 Å². The molecule has 8 nitrogen and oxygen atoms in total. The fourth-order valence-electron chi connectivity index (χ4n) is 4.75. The number of esters is 1. The Balaban J connectivity index is 1.71. The number of nitriles is 1. The van der Waals surface area contributed by atoms with Crippen LogP contribution in [0.15, 0.2) is 34.0 Å². The van der Waals surface area contributed by atoms with Gasteiger partial charge < -0.3 is 9.64 Å². The van der Waals surface area contributed by atoms with E-state index in [-0.39, 0.29) is 29.9 Å². The number of hydrogen-bond donors (Lipinski definition) is 0. The van der Waals surface area contributed by atoms with Crippen molar-refractivity contribution in [3.63, 3.8) is 0 Å². The number of rotatable bonds is 6. The van der Waals surface area contributed by atoms with E-state index in [0.29, 0.717) is 63.7 Å². The normalized spacial score (nSPS) is 17.3. The quantitative estimate of drug-likeness (QED) is 0.286. The highest BCUT2D eigenvalue weighted by molar-refractivity contribution is 8.26. The van der Waals surface area contributed by atoms with Crippen LogP contribution in [0, 0.1) is 24.2 Å². The van der Waals surface area contributed by atoms with Crippen molar-refractivity contribution in [2.24, 2.45) is 13.0 Å². The molecule has 38 heavy (non-hydrogen) atoms. The molecular weight excluding hydrogens is 544 g/mol. The Bertz CT molecular complexity index is 1440. The maximum atomic E-state index is 13.4. The second kappa shape index (κ2) is 11.7. The molecule has 0 aliphatic carbocycles. The van der Waals surface area contributed by atoms with Crippen molar-refractivity contribution >= 4 is 63.7 Å². The fraction of sp³-hybridized carbons (Fsp3) is 0.370. The molecule has 1 aromatic carbocycles. The van der Waals surface area contributed by atoms with E-state index in [1.165, 1.54) is 21.2 Å². The molecule has 0 N–H and O–H groups in total. The second-order valence-electron chi connectivity index (χ2n) is 9.09. The monoisotopic (exact) mass is 570 g/mol. The molecule has 0 atom stereocenters. The molecule has 3 heterocycles. The number of amides is 1. The summed E-state index contributed by atoms with van der Waals surface area (Å²) >= 11 is 13.0. The molecule has 198 valence electrons. The van der Waals surface area contributed by atoms with E-state index in [2.05, 4.69) is 0 Å². The summed E-state index contributed by atoms with van der Waals surface area (Å²) in [5.41, 5.74) is 1.50. The van der Waals surface area contributed by atoms with E-state index < -0.39 is 5.56 Å². The third kappa shape index (κ3) is 5.37. The van der Waals surface area contributed by atoms with Crippen LogP contribution in [0.2, 0.25) is 5.02 Å². The first-order chi connectivity index (χ1) is 18.2. The number of pyridine rings is 1. The van der Waals surface area contributed by atoms with Crippen LogP contribution in [-0.4, -0.2) is 45.4 Å². The van der Waals surface area contributed by atoms with Crippen molar-refractivity contribution < 1.29 is 14.3 Å². The van der Waals surface area contributed by atoms with E-state index in [0.717, 1.165) is 5.56 Å². The number of thiocarbonyl (C=S) groups is 1. The molecule has 1 aromatic heterocycles. The van der Waals surface area contributed by atoms with Crippen LogP contribution in [0.25, 0.3) is 6.08 Å². The maximum Gasteiger partial charge on any atom is 0.309 e. The van der Waals surface area contributed by atoms with Crippen molar-refractivity contribution in [1.29, 1.82) is 5.26 Å². The summed E-state index contributed by atoms with van der Waals surface area (Å²) in [6.07, 6.45) is 2.87. The van der Waals surface area contributed by atoms with Crippen LogP contribution < -0.4 is 10.5 Å². The summed E-state index contributed by atoms with van der Waals surface area (Å²) in [5, 5.41) is 10.3. The molecule has 1 amide bonds. The van der Waals surface area contributed by atoms with Crippen molar-refractivity contribution in [2.75, 3.05) is 24.6 Å². The Morgan fingerprint density at radius 1 is 1.29 bits per heavy atom. The lowest BCUT2D eigenvalue weighted by Crippen LogP contribution is -2.40. The van der Waals surface area contributed by atoms with Gasteiger partial charge in [0, 0.05) is 30.7 Å². The Hall–Kier alpha value is -3.13. The third-order valence-electron chi connectivity index (χ3n) is 6.82. The van der Waals surface area contributed by atoms with Gasteiger partial charge in [-0.25, -0.2) is 0 Å². The van der Waals surface area contributed by atoms with E-state index in [1.807, 2.05) is 29.2 Å². The van der Waals surface area contributed by atoms with Gasteiger partial charge >= 0.3 is 5.97 Å². The molecule has 0 radical (unpaired) electrons. The van der Waals surface area contributed by atoms with Gasteiger partial charge in [0.2, 0.25) is 0 Å². The molecule has 0 unspecified atom stereocenters. The summed E-state index contributed by atoms with van der Waals surface area (Å²) in [4.78, 5) is 42.6. The zero-order valence-corrected chi connectivity index (χ0v) is 23.7. The van der Waals surface area contributed by atoms with Crippen molar-refractivity contribution in [3.8, 4) is 6.07 Å². The molecule has 0 spiro atoms. The topological polar surface area (TPSA) is 95.6 Å². The van der Waals surface area contributed by atoms with Gasteiger partial charge in [-0.15, -0.1) is 0 Å². The summed E-state index contributed by atoms with van der Waals surface area (Å²) in [7, 11) is 1.62. The van der Waals surface area contributed by atoms with Gasteiger partial charge in [-0.1, -0.05) is 53.8 Å². The summed E-state index contributed by atoms with van der Waals surface area (Å²) in [6.45, 7) is 5.12. The lowest BCUT2D eigenvalue weighted by molar-refractivity contribution is -0.148. The molecule has 2 saturated heterocycles. The van der Waals surface area contributed by atoms with Crippen LogP contribution >= 0.6 is 35.6 Å². The Labute approximate surface area is 235 Å². The first kappa shape index (κ1) is 27.9. The SMILES string of the molecule is CCOC(=O)C1CCN(c2c(/C=C3\SC(=S)N(Cc4ccccc4Cl)C3=O)c(C)c(C#N)c(=O)n2C)CC1. The van der Waals surface area contributed by atoms with Gasteiger partial charge in [-0.3, -0.25) is 23.9 Å². The first-order valence-corrected chi connectivity index (χ1v) is 13.8. The minimum Gasteiger partial charge on any atom is -0.466 e. The average molecular weight is 571 g/mol. The molecule has 2 aromatic rings. The highest BCUT2D eigenvalue weighted by Crippen LogP contribution is 2.37. The number of carbonyl (C=O) groups is 2. The van der Waals surface area contributed by atoms with E-state index >= 15 is 0 Å². The summed E-state index contributed by atoms with van der Waals surface area (Å²) in [6, 6.07) is 9.30. The molecule has 2 fully saturated rings. The number of anilines is 1. The standard InChI is InChI=1S/C27H27ClN4O4S2/c1-4-36-26(35)17-9-11-31(12-10-17)23-19(16(2)20(14-29)24(33)30(23)3)13-22-25(34)32(27(37)38-22)15-18-7-5-6-8-21(18)28/h5-8,13,17H,4,9-12,15H2,1-3H3/b22-13-. The summed E-state index contributed by atoms with van der Waals surface area (Å²) in [5.74, 6) is -0.0736. The zero-order valence-electron chi connectivity index (χ0n) is 21.3. The van der Waals surface area contributed by atoms with Gasteiger partial charge in [-0.2, -0.15) is 5.26 Å². The minimum absolute atomic E-state index is 0.0236. The van der Waals surface area contributed by atoms with E-state index in [4.69, 9.17) is 28.6 Å².